The van der Waals surface area contributed by atoms with E-state index in [2.05, 4.69) is 35.5 Å². The normalized spacial score (nSPS) is 24.8. The van der Waals surface area contributed by atoms with Gasteiger partial charge >= 0.3 is 0 Å². The predicted octanol–water partition coefficient (Wildman–Crippen LogP) is 2.52. The first-order valence-electron chi connectivity index (χ1n) is 7.02. The molecule has 1 aliphatic carbocycles. The fourth-order valence-electron chi connectivity index (χ4n) is 2.88. The molecule has 1 aromatic rings. The SMILES string of the molecule is CN1CCNC(Sc2ccc3c(c2)CCCC3)C1. The van der Waals surface area contributed by atoms with E-state index in [0.29, 0.717) is 5.37 Å². The number of fused-ring (bicyclic) bond motifs is 1. The van der Waals surface area contributed by atoms with Gasteiger partial charge < -0.3 is 10.2 Å². The first-order chi connectivity index (χ1) is 8.81. The smallest absolute Gasteiger partial charge is 0.0708 e. The number of hydrogen-bond acceptors (Lipinski definition) is 3. The van der Waals surface area contributed by atoms with Crippen LogP contribution in [0, 0.1) is 0 Å². The molecule has 2 nitrogen and oxygen atoms in total. The first-order valence-corrected chi connectivity index (χ1v) is 7.89. The van der Waals surface area contributed by atoms with E-state index >= 15 is 0 Å². The van der Waals surface area contributed by atoms with Gasteiger partial charge in [-0.25, -0.2) is 0 Å². The molecule has 1 aliphatic heterocycles. The van der Waals surface area contributed by atoms with Gasteiger partial charge in [-0.05, 0) is 56.0 Å². The van der Waals surface area contributed by atoms with E-state index in [1.807, 2.05) is 11.8 Å². The van der Waals surface area contributed by atoms with Crippen molar-refractivity contribution in [3.8, 4) is 0 Å². The van der Waals surface area contributed by atoms with Crippen molar-refractivity contribution in [3.63, 3.8) is 0 Å². The van der Waals surface area contributed by atoms with Crippen LogP contribution in [0.5, 0.6) is 0 Å². The van der Waals surface area contributed by atoms with Crippen LogP contribution in [-0.4, -0.2) is 37.0 Å². The van der Waals surface area contributed by atoms with Gasteiger partial charge in [-0.3, -0.25) is 0 Å². The fourth-order valence-corrected chi connectivity index (χ4v) is 4.10. The van der Waals surface area contributed by atoms with Crippen molar-refractivity contribution in [1.29, 1.82) is 0 Å². The summed E-state index contributed by atoms with van der Waals surface area (Å²) >= 11 is 1.99. The van der Waals surface area contributed by atoms with E-state index in [-0.39, 0.29) is 0 Å². The third-order valence-electron chi connectivity index (χ3n) is 3.94. The van der Waals surface area contributed by atoms with E-state index in [1.54, 1.807) is 11.1 Å². The Bertz CT molecular complexity index is 419. The van der Waals surface area contributed by atoms with Crippen molar-refractivity contribution in [3.05, 3.63) is 29.3 Å². The minimum absolute atomic E-state index is 0.547. The first kappa shape index (κ1) is 12.5. The number of aryl methyl sites for hydroxylation is 2. The van der Waals surface area contributed by atoms with Gasteiger partial charge in [0.1, 0.15) is 0 Å². The van der Waals surface area contributed by atoms with Crippen molar-refractivity contribution >= 4 is 11.8 Å². The number of thioether (sulfide) groups is 1. The van der Waals surface area contributed by atoms with Crippen LogP contribution in [0.1, 0.15) is 24.0 Å². The number of nitrogens with zero attached hydrogens (tertiary/aromatic N) is 1. The highest BCUT2D eigenvalue weighted by molar-refractivity contribution is 8.00. The molecule has 0 amide bonds. The lowest BCUT2D eigenvalue weighted by Crippen LogP contribution is -2.47. The highest BCUT2D eigenvalue weighted by atomic mass is 32.2. The summed E-state index contributed by atoms with van der Waals surface area (Å²) in [6, 6.07) is 7.09. The van der Waals surface area contributed by atoms with Crippen LogP contribution < -0.4 is 5.32 Å². The molecule has 0 spiro atoms. The Kier molecular flexibility index (Phi) is 3.92. The number of piperazine rings is 1. The summed E-state index contributed by atoms with van der Waals surface area (Å²) in [6.07, 6.45) is 5.30. The highest BCUT2D eigenvalue weighted by Gasteiger charge is 2.18. The molecule has 0 radical (unpaired) electrons. The van der Waals surface area contributed by atoms with Crippen LogP contribution in [0.15, 0.2) is 23.1 Å². The Morgan fingerprint density at radius 3 is 2.89 bits per heavy atom. The lowest BCUT2D eigenvalue weighted by atomic mass is 9.92. The monoisotopic (exact) mass is 262 g/mol. The molecule has 0 bridgehead atoms. The molecule has 18 heavy (non-hydrogen) atoms. The number of nitrogens with one attached hydrogen (secondary N) is 1. The molecule has 3 heteroatoms. The number of rotatable bonds is 2. The third-order valence-corrected chi connectivity index (χ3v) is 5.07. The molecule has 0 aromatic heterocycles. The molecule has 1 unspecified atom stereocenters. The predicted molar refractivity (Wildman–Crippen MR) is 78.2 cm³/mol. The summed E-state index contributed by atoms with van der Waals surface area (Å²) in [5.74, 6) is 0. The van der Waals surface area contributed by atoms with Crippen LogP contribution in [0.4, 0.5) is 0 Å². The van der Waals surface area contributed by atoms with Crippen LogP contribution in [-0.2, 0) is 12.8 Å². The summed E-state index contributed by atoms with van der Waals surface area (Å²) in [6.45, 7) is 3.42. The minimum Gasteiger partial charge on any atom is -0.303 e. The zero-order valence-electron chi connectivity index (χ0n) is 11.1. The van der Waals surface area contributed by atoms with Gasteiger partial charge in [0.25, 0.3) is 0 Å². The molecular weight excluding hydrogens is 240 g/mol. The average molecular weight is 262 g/mol. The molecule has 1 aromatic carbocycles. The molecule has 1 saturated heterocycles. The fraction of sp³-hybridized carbons (Fsp3) is 0.600. The summed E-state index contributed by atoms with van der Waals surface area (Å²) in [4.78, 5) is 3.84. The maximum absolute atomic E-state index is 3.60. The second-order valence-corrected chi connectivity index (χ2v) is 6.74. The standard InChI is InChI=1S/C15H22N2S/c1-17-9-8-16-15(11-17)18-14-7-6-12-4-2-3-5-13(12)10-14/h6-7,10,15-16H,2-5,8-9,11H2,1H3. The molecule has 1 N–H and O–H groups in total. The summed E-state index contributed by atoms with van der Waals surface area (Å²) in [7, 11) is 2.21. The Labute approximate surface area is 114 Å². The van der Waals surface area contributed by atoms with Gasteiger partial charge in [0.15, 0.2) is 0 Å². The summed E-state index contributed by atoms with van der Waals surface area (Å²) < 4.78 is 0. The second-order valence-electron chi connectivity index (χ2n) is 5.46. The molecule has 2 aliphatic rings. The zero-order valence-corrected chi connectivity index (χ0v) is 11.9. The van der Waals surface area contributed by atoms with Crippen molar-refractivity contribution in [2.75, 3.05) is 26.7 Å². The Morgan fingerprint density at radius 2 is 2.06 bits per heavy atom. The van der Waals surface area contributed by atoms with Crippen LogP contribution >= 0.6 is 11.8 Å². The van der Waals surface area contributed by atoms with E-state index < -0.39 is 0 Å². The van der Waals surface area contributed by atoms with Gasteiger partial charge in [-0.1, -0.05) is 6.07 Å². The quantitative estimate of drug-likeness (QED) is 0.881. The maximum Gasteiger partial charge on any atom is 0.0708 e. The molecule has 3 rings (SSSR count). The number of likely N-dealkylation sites (N-methyl/N-ethyl adjacent to an activating group) is 1. The van der Waals surface area contributed by atoms with Gasteiger partial charge in [-0.2, -0.15) is 0 Å². The number of benzene rings is 1. The van der Waals surface area contributed by atoms with Crippen LogP contribution in [0.2, 0.25) is 0 Å². The topological polar surface area (TPSA) is 15.3 Å². The molecular formula is C15H22N2S. The summed E-state index contributed by atoms with van der Waals surface area (Å²) in [5, 5.41) is 4.15. The molecule has 98 valence electrons. The minimum atomic E-state index is 0.547. The van der Waals surface area contributed by atoms with Gasteiger partial charge in [0, 0.05) is 24.5 Å². The van der Waals surface area contributed by atoms with Crippen LogP contribution in [0.3, 0.4) is 0 Å². The maximum atomic E-state index is 3.60. The van der Waals surface area contributed by atoms with E-state index in [0.717, 1.165) is 13.1 Å². The van der Waals surface area contributed by atoms with Crippen molar-refractivity contribution in [2.45, 2.75) is 36.0 Å². The largest absolute Gasteiger partial charge is 0.303 e. The Morgan fingerprint density at radius 1 is 1.22 bits per heavy atom. The highest BCUT2D eigenvalue weighted by Crippen LogP contribution is 2.29. The molecule has 1 atom stereocenters. The number of hydrogen-bond donors (Lipinski definition) is 1. The lowest BCUT2D eigenvalue weighted by molar-refractivity contribution is 0.278. The average Bonchev–Trinajstić information content (AvgIpc) is 2.39. The third kappa shape index (κ3) is 2.90. The van der Waals surface area contributed by atoms with Crippen molar-refractivity contribution in [1.82, 2.24) is 10.2 Å². The van der Waals surface area contributed by atoms with Crippen LogP contribution in [0.25, 0.3) is 0 Å². The van der Waals surface area contributed by atoms with Crippen molar-refractivity contribution < 1.29 is 0 Å². The zero-order chi connectivity index (χ0) is 12.4. The van der Waals surface area contributed by atoms with E-state index in [9.17, 15) is 0 Å². The van der Waals surface area contributed by atoms with E-state index in [4.69, 9.17) is 0 Å². The van der Waals surface area contributed by atoms with Gasteiger partial charge in [0.2, 0.25) is 0 Å². The lowest BCUT2D eigenvalue weighted by Gasteiger charge is -2.30. The van der Waals surface area contributed by atoms with Gasteiger partial charge in [0.05, 0.1) is 5.37 Å². The van der Waals surface area contributed by atoms with E-state index in [1.165, 1.54) is 37.1 Å². The molecule has 0 saturated carbocycles. The Balaban J connectivity index is 1.69. The summed E-state index contributed by atoms with van der Waals surface area (Å²) in [5.41, 5.74) is 3.18. The molecule has 1 fully saturated rings. The van der Waals surface area contributed by atoms with Gasteiger partial charge in [-0.15, -0.1) is 11.8 Å². The molecule has 1 heterocycles. The van der Waals surface area contributed by atoms with Crippen molar-refractivity contribution in [2.24, 2.45) is 0 Å². The Hall–Kier alpha value is -0.510. The second kappa shape index (κ2) is 5.64.